The van der Waals surface area contributed by atoms with Gasteiger partial charge in [0, 0.05) is 9.79 Å². The van der Waals surface area contributed by atoms with Crippen LogP contribution < -0.4 is 0 Å². The Morgan fingerprint density at radius 2 is 1.60 bits per heavy atom. The van der Waals surface area contributed by atoms with E-state index in [0.29, 0.717) is 9.79 Å². The van der Waals surface area contributed by atoms with Gasteiger partial charge in [-0.2, -0.15) is 13.2 Å². The highest BCUT2D eigenvalue weighted by atomic mass is 35.7. The molecule has 0 aliphatic carbocycles. The highest BCUT2D eigenvalue weighted by Crippen LogP contribution is 2.46. The van der Waals surface area contributed by atoms with E-state index in [1.165, 1.54) is 12.1 Å². The van der Waals surface area contributed by atoms with Crippen LogP contribution in [0.5, 0.6) is 0 Å². The van der Waals surface area contributed by atoms with Crippen LogP contribution >= 0.6 is 55.1 Å². The molecule has 1 rings (SSSR count). The van der Waals surface area contributed by atoms with Crippen molar-refractivity contribution in [2.45, 2.75) is 20.2 Å². The van der Waals surface area contributed by atoms with Crippen molar-refractivity contribution in [1.29, 1.82) is 0 Å². The van der Waals surface area contributed by atoms with Crippen molar-refractivity contribution >= 4 is 55.1 Å². The van der Waals surface area contributed by atoms with Crippen LogP contribution in [-0.2, 0) is 0 Å². The topological polar surface area (TPSA) is 0 Å². The molecule has 15 heavy (non-hydrogen) atoms. The minimum atomic E-state index is -4.32. The quantitative estimate of drug-likeness (QED) is 0.648. The molecule has 0 spiro atoms. The van der Waals surface area contributed by atoms with E-state index in [9.17, 15) is 13.2 Å². The van der Waals surface area contributed by atoms with Crippen LogP contribution in [0.15, 0.2) is 32.9 Å². The fourth-order valence-electron chi connectivity index (χ4n) is 0.838. The molecule has 0 fully saturated rings. The van der Waals surface area contributed by atoms with Gasteiger partial charge in [-0.25, -0.2) is 0 Å². The van der Waals surface area contributed by atoms with Crippen LogP contribution in [0.1, 0.15) is 0 Å². The van der Waals surface area contributed by atoms with Crippen molar-refractivity contribution in [2.24, 2.45) is 0 Å². The van der Waals surface area contributed by atoms with E-state index in [2.05, 4.69) is 0 Å². The summed E-state index contributed by atoms with van der Waals surface area (Å²) < 4.78 is 36.5. The predicted molar refractivity (Wildman–Crippen MR) is 61.8 cm³/mol. The van der Waals surface area contributed by atoms with E-state index < -0.39 is 5.51 Å². The first kappa shape index (κ1) is 13.7. The molecule has 0 atom stereocenters. The first-order valence-electron chi connectivity index (χ1n) is 3.44. The fourth-order valence-corrected chi connectivity index (χ4v) is 3.90. The lowest BCUT2D eigenvalue weighted by atomic mass is 10.4. The average molecular weight is 311 g/mol. The third kappa shape index (κ3) is 4.19. The summed E-state index contributed by atoms with van der Waals surface area (Å²) in [6.07, 6.45) is 0. The summed E-state index contributed by atoms with van der Waals surface area (Å²) >= 11 is -0.196. The van der Waals surface area contributed by atoms with Crippen LogP contribution in [0.2, 0.25) is 0 Å². The third-order valence-corrected chi connectivity index (χ3v) is 4.44. The second-order valence-electron chi connectivity index (χ2n) is 2.29. The number of hydrogen-bond donors (Lipinski definition) is 0. The van der Waals surface area contributed by atoms with Gasteiger partial charge in [-0.1, -0.05) is 6.07 Å². The molecule has 0 saturated heterocycles. The van der Waals surface area contributed by atoms with Crippen LogP contribution in [0.3, 0.4) is 0 Å². The Morgan fingerprint density at radius 1 is 1.00 bits per heavy atom. The zero-order valence-electron chi connectivity index (χ0n) is 6.85. The molecule has 0 aromatic heterocycles. The van der Waals surface area contributed by atoms with Gasteiger partial charge in [0.1, 0.15) is 0 Å². The van der Waals surface area contributed by atoms with Gasteiger partial charge in [0.15, 0.2) is 0 Å². The standard InChI is InChI=1S/C7H3Cl2F3S3/c8-14-5-3-1-2-4(6(5)15-9)13-7(10,11)12/h1-3H. The van der Waals surface area contributed by atoms with Crippen molar-refractivity contribution < 1.29 is 13.2 Å². The van der Waals surface area contributed by atoms with Crippen molar-refractivity contribution in [3.63, 3.8) is 0 Å². The Labute approximate surface area is 106 Å². The summed E-state index contributed by atoms with van der Waals surface area (Å²) in [6, 6.07) is 4.48. The van der Waals surface area contributed by atoms with Gasteiger partial charge in [-0.05, 0) is 67.2 Å². The maximum Gasteiger partial charge on any atom is 0.446 e. The fraction of sp³-hybridized carbons (Fsp3) is 0.143. The number of rotatable bonds is 3. The van der Waals surface area contributed by atoms with Gasteiger partial charge < -0.3 is 0 Å². The van der Waals surface area contributed by atoms with Gasteiger partial charge >= 0.3 is 5.51 Å². The molecule has 0 bridgehead atoms. The summed E-state index contributed by atoms with van der Waals surface area (Å²) in [4.78, 5) is 0.917. The normalized spacial score (nSPS) is 11.8. The number of thioether (sulfide) groups is 1. The molecule has 0 aliphatic rings. The molecule has 0 amide bonds. The molecular weight excluding hydrogens is 308 g/mol. The monoisotopic (exact) mass is 310 g/mol. The van der Waals surface area contributed by atoms with Crippen molar-refractivity contribution in [2.75, 3.05) is 0 Å². The summed E-state index contributed by atoms with van der Waals surface area (Å²) in [7, 11) is 12.6. The molecule has 0 N–H and O–H groups in total. The molecule has 0 unspecified atom stereocenters. The van der Waals surface area contributed by atoms with Gasteiger partial charge in [0.2, 0.25) is 0 Å². The second-order valence-corrected chi connectivity index (χ2v) is 5.47. The summed E-state index contributed by atoms with van der Waals surface area (Å²) in [5.74, 6) is 0. The molecule has 0 radical (unpaired) electrons. The van der Waals surface area contributed by atoms with E-state index >= 15 is 0 Å². The molecule has 1 aromatic carbocycles. The number of alkyl halides is 3. The van der Waals surface area contributed by atoms with Crippen LogP contribution in [0.4, 0.5) is 13.2 Å². The Hall–Kier alpha value is 0.640. The average Bonchev–Trinajstić information content (AvgIpc) is 2.15. The SMILES string of the molecule is FC(F)(F)Sc1cccc(SCl)c1SCl. The predicted octanol–water partition coefficient (Wildman–Crippen LogP) is 5.79. The van der Waals surface area contributed by atoms with Gasteiger partial charge in [-0.15, -0.1) is 0 Å². The molecule has 0 aliphatic heterocycles. The van der Waals surface area contributed by atoms with Crippen molar-refractivity contribution in [1.82, 2.24) is 0 Å². The van der Waals surface area contributed by atoms with Crippen LogP contribution in [0, 0.1) is 0 Å². The minimum Gasteiger partial charge on any atom is -0.160 e. The first-order valence-corrected chi connectivity index (χ1v) is 7.54. The zero-order valence-corrected chi connectivity index (χ0v) is 10.8. The molecule has 8 heteroatoms. The lowest BCUT2D eigenvalue weighted by Gasteiger charge is -2.10. The molecule has 0 heterocycles. The maximum atomic E-state index is 12.2. The summed E-state index contributed by atoms with van der Waals surface area (Å²) in [5, 5.41) is 0. The Morgan fingerprint density at radius 3 is 2.07 bits per heavy atom. The minimum absolute atomic E-state index is 0.0631. The van der Waals surface area contributed by atoms with E-state index in [-0.39, 0.29) is 16.7 Å². The number of halogens is 5. The summed E-state index contributed by atoms with van der Waals surface area (Å²) in [6.45, 7) is 0. The molecule has 0 saturated carbocycles. The Balaban J connectivity index is 3.06. The smallest absolute Gasteiger partial charge is 0.160 e. The maximum absolute atomic E-state index is 12.2. The molecule has 84 valence electrons. The highest BCUT2D eigenvalue weighted by molar-refractivity contribution is 8.23. The Kier molecular flexibility index (Phi) is 5.31. The Bertz CT molecular complexity index is 343. The first-order chi connectivity index (χ1) is 6.98. The zero-order chi connectivity index (χ0) is 11.5. The number of hydrogen-bond acceptors (Lipinski definition) is 3. The molecular formula is C7H3Cl2F3S3. The van der Waals surface area contributed by atoms with E-state index in [0.717, 1.165) is 22.0 Å². The van der Waals surface area contributed by atoms with E-state index in [4.69, 9.17) is 21.4 Å². The van der Waals surface area contributed by atoms with E-state index in [1.54, 1.807) is 6.07 Å². The highest BCUT2D eigenvalue weighted by Gasteiger charge is 2.31. The van der Waals surface area contributed by atoms with Crippen LogP contribution in [0.25, 0.3) is 0 Å². The summed E-state index contributed by atoms with van der Waals surface area (Å²) in [5.41, 5.74) is -4.32. The second kappa shape index (κ2) is 5.82. The number of benzene rings is 1. The van der Waals surface area contributed by atoms with Crippen molar-refractivity contribution in [3.8, 4) is 0 Å². The molecule has 0 nitrogen and oxygen atoms in total. The third-order valence-electron chi connectivity index (χ3n) is 1.33. The van der Waals surface area contributed by atoms with Gasteiger partial charge in [0.25, 0.3) is 0 Å². The van der Waals surface area contributed by atoms with Gasteiger partial charge in [0.05, 0.1) is 4.90 Å². The van der Waals surface area contributed by atoms with Crippen molar-refractivity contribution in [3.05, 3.63) is 18.2 Å². The lowest BCUT2D eigenvalue weighted by molar-refractivity contribution is -0.0329. The van der Waals surface area contributed by atoms with Gasteiger partial charge in [-0.3, -0.25) is 0 Å². The largest absolute Gasteiger partial charge is 0.446 e. The van der Waals surface area contributed by atoms with E-state index in [1.807, 2.05) is 0 Å². The lowest BCUT2D eigenvalue weighted by Crippen LogP contribution is -1.99. The van der Waals surface area contributed by atoms with Crippen LogP contribution in [-0.4, -0.2) is 5.51 Å². The molecule has 1 aromatic rings.